The van der Waals surface area contributed by atoms with Gasteiger partial charge in [-0.25, -0.2) is 0 Å². The molecule has 0 saturated carbocycles. The molecule has 1 aromatic carbocycles. The van der Waals surface area contributed by atoms with Gasteiger partial charge in [-0.2, -0.15) is 0 Å². The number of halogens is 1. The first-order valence-electron chi connectivity index (χ1n) is 6.40. The normalized spacial score (nSPS) is 22.6. The summed E-state index contributed by atoms with van der Waals surface area (Å²) in [5.74, 6) is -0.656. The Kier molecular flexibility index (Phi) is 4.13. The predicted molar refractivity (Wildman–Crippen MR) is 76.8 cm³/mol. The van der Waals surface area contributed by atoms with Crippen molar-refractivity contribution in [3.63, 3.8) is 0 Å². The number of nitro benzene ring substituents is 1. The summed E-state index contributed by atoms with van der Waals surface area (Å²) in [4.78, 5) is 23.9. The highest BCUT2D eigenvalue weighted by atomic mass is 35.5. The molecule has 1 aliphatic heterocycles. The van der Waals surface area contributed by atoms with Gasteiger partial charge in [0, 0.05) is 12.6 Å². The second-order valence-corrected chi connectivity index (χ2v) is 5.45. The van der Waals surface area contributed by atoms with E-state index >= 15 is 0 Å². The smallest absolute Gasteiger partial charge is 0.310 e. The van der Waals surface area contributed by atoms with Gasteiger partial charge in [0.1, 0.15) is 10.7 Å². The lowest BCUT2D eigenvalue weighted by atomic mass is 9.92. The van der Waals surface area contributed by atoms with Gasteiger partial charge in [-0.1, -0.05) is 17.7 Å². The number of amides is 1. The zero-order valence-corrected chi connectivity index (χ0v) is 11.8. The highest BCUT2D eigenvalue weighted by molar-refractivity contribution is 6.33. The highest BCUT2D eigenvalue weighted by Crippen LogP contribution is 2.38. The van der Waals surface area contributed by atoms with Crippen LogP contribution in [0, 0.1) is 16.0 Å². The second-order valence-electron chi connectivity index (χ2n) is 5.04. The van der Waals surface area contributed by atoms with Crippen molar-refractivity contribution < 1.29 is 9.72 Å². The third kappa shape index (κ3) is 2.70. The molecule has 1 amide bonds. The van der Waals surface area contributed by atoms with Crippen LogP contribution in [0.3, 0.4) is 0 Å². The summed E-state index contributed by atoms with van der Waals surface area (Å²) >= 11 is 5.93. The number of nitrogens with zero attached hydrogens (tertiary/aromatic N) is 2. The first kappa shape index (κ1) is 14.6. The number of carbonyl (C=O) groups is 1. The lowest BCUT2D eigenvalue weighted by Crippen LogP contribution is -2.46. The number of para-hydroxylation sites is 1. The molecule has 2 atom stereocenters. The van der Waals surface area contributed by atoms with E-state index in [1.807, 2.05) is 11.8 Å². The van der Waals surface area contributed by atoms with E-state index in [2.05, 4.69) is 0 Å². The lowest BCUT2D eigenvalue weighted by Gasteiger charge is -2.38. The number of benzene rings is 1. The summed E-state index contributed by atoms with van der Waals surface area (Å²) in [6.07, 6.45) is 1.47. The molecular weight excluding hydrogens is 282 g/mol. The van der Waals surface area contributed by atoms with Crippen LogP contribution in [0.1, 0.15) is 19.8 Å². The summed E-state index contributed by atoms with van der Waals surface area (Å²) in [6.45, 7) is 2.36. The summed E-state index contributed by atoms with van der Waals surface area (Å²) in [5, 5.41) is 11.3. The van der Waals surface area contributed by atoms with Crippen LogP contribution in [0.4, 0.5) is 11.4 Å². The minimum absolute atomic E-state index is 0.0981. The molecule has 0 bridgehead atoms. The van der Waals surface area contributed by atoms with Crippen molar-refractivity contribution in [3.8, 4) is 0 Å². The molecular formula is C13H16ClN3O3. The maximum absolute atomic E-state index is 11.4. The SMILES string of the molecule is CC1CCC(C(N)=O)CN1c1cccc(Cl)c1[N+](=O)[O-]. The number of hydrogen-bond acceptors (Lipinski definition) is 4. The minimum atomic E-state index is -0.488. The van der Waals surface area contributed by atoms with Gasteiger partial charge in [-0.15, -0.1) is 0 Å². The fourth-order valence-electron chi connectivity index (χ4n) is 2.59. The number of nitrogens with two attached hydrogens (primary N) is 1. The highest BCUT2D eigenvalue weighted by Gasteiger charge is 2.33. The third-order valence-corrected chi connectivity index (χ3v) is 4.05. The number of nitro groups is 1. The van der Waals surface area contributed by atoms with E-state index in [0.717, 1.165) is 6.42 Å². The van der Waals surface area contributed by atoms with Crippen LogP contribution in [-0.2, 0) is 4.79 Å². The van der Waals surface area contributed by atoms with Gasteiger partial charge in [-0.05, 0) is 31.9 Å². The van der Waals surface area contributed by atoms with Gasteiger partial charge in [-0.3, -0.25) is 14.9 Å². The molecule has 108 valence electrons. The molecule has 20 heavy (non-hydrogen) atoms. The van der Waals surface area contributed by atoms with Gasteiger partial charge >= 0.3 is 5.69 Å². The zero-order chi connectivity index (χ0) is 14.9. The molecule has 0 aromatic heterocycles. The van der Waals surface area contributed by atoms with Crippen molar-refractivity contribution >= 4 is 28.9 Å². The summed E-state index contributed by atoms with van der Waals surface area (Å²) in [7, 11) is 0. The molecule has 1 heterocycles. The third-order valence-electron chi connectivity index (χ3n) is 3.74. The van der Waals surface area contributed by atoms with Crippen LogP contribution in [-0.4, -0.2) is 23.4 Å². The first-order valence-corrected chi connectivity index (χ1v) is 6.78. The Morgan fingerprint density at radius 3 is 2.80 bits per heavy atom. The monoisotopic (exact) mass is 297 g/mol. The van der Waals surface area contributed by atoms with Crippen molar-refractivity contribution in [1.82, 2.24) is 0 Å². The standard InChI is InChI=1S/C13H16ClN3O3/c1-8-5-6-9(13(15)18)7-16(8)11-4-2-3-10(14)12(11)17(19)20/h2-4,8-9H,5-7H2,1H3,(H2,15,18). The van der Waals surface area contributed by atoms with E-state index in [9.17, 15) is 14.9 Å². The van der Waals surface area contributed by atoms with Crippen molar-refractivity contribution in [2.24, 2.45) is 11.7 Å². The molecule has 0 aliphatic carbocycles. The number of piperidine rings is 1. The van der Waals surface area contributed by atoms with Crippen LogP contribution in [0.2, 0.25) is 5.02 Å². The Bertz CT molecular complexity index is 550. The largest absolute Gasteiger partial charge is 0.369 e. The van der Waals surface area contributed by atoms with Gasteiger partial charge in [0.2, 0.25) is 5.91 Å². The average molecular weight is 298 g/mol. The van der Waals surface area contributed by atoms with E-state index in [1.54, 1.807) is 12.1 Å². The Labute approximate surface area is 121 Å². The van der Waals surface area contributed by atoms with Crippen LogP contribution < -0.4 is 10.6 Å². The average Bonchev–Trinajstić information content (AvgIpc) is 2.38. The number of hydrogen-bond donors (Lipinski definition) is 1. The minimum Gasteiger partial charge on any atom is -0.369 e. The van der Waals surface area contributed by atoms with Crippen LogP contribution in [0.15, 0.2) is 18.2 Å². The molecule has 0 radical (unpaired) electrons. The Morgan fingerprint density at radius 2 is 2.20 bits per heavy atom. The Morgan fingerprint density at radius 1 is 1.50 bits per heavy atom. The van der Waals surface area contributed by atoms with Crippen molar-refractivity contribution in [1.29, 1.82) is 0 Å². The predicted octanol–water partition coefficient (Wildman–Crippen LogP) is 2.34. The molecule has 1 aromatic rings. The van der Waals surface area contributed by atoms with Gasteiger partial charge in [0.05, 0.1) is 10.8 Å². The zero-order valence-electron chi connectivity index (χ0n) is 11.1. The second kappa shape index (κ2) is 5.66. The summed E-state index contributed by atoms with van der Waals surface area (Å²) in [6, 6.07) is 4.92. The van der Waals surface area contributed by atoms with Crippen LogP contribution in [0.25, 0.3) is 0 Å². The van der Waals surface area contributed by atoms with E-state index in [1.165, 1.54) is 6.07 Å². The molecule has 0 spiro atoms. The number of primary amides is 1. The van der Waals surface area contributed by atoms with Gasteiger partial charge in [0.25, 0.3) is 0 Å². The van der Waals surface area contributed by atoms with Crippen molar-refractivity contribution in [2.45, 2.75) is 25.8 Å². The number of carbonyl (C=O) groups excluding carboxylic acids is 1. The molecule has 7 heteroatoms. The molecule has 2 N–H and O–H groups in total. The quantitative estimate of drug-likeness (QED) is 0.685. The number of rotatable bonds is 3. The molecule has 1 fully saturated rings. The lowest BCUT2D eigenvalue weighted by molar-refractivity contribution is -0.384. The van der Waals surface area contributed by atoms with E-state index in [-0.39, 0.29) is 28.6 Å². The van der Waals surface area contributed by atoms with E-state index in [4.69, 9.17) is 17.3 Å². The molecule has 6 nitrogen and oxygen atoms in total. The molecule has 1 saturated heterocycles. The fraction of sp³-hybridized carbons (Fsp3) is 0.462. The van der Waals surface area contributed by atoms with Crippen LogP contribution in [0.5, 0.6) is 0 Å². The number of anilines is 1. The first-order chi connectivity index (χ1) is 9.41. The van der Waals surface area contributed by atoms with E-state index < -0.39 is 4.92 Å². The van der Waals surface area contributed by atoms with Crippen molar-refractivity contribution in [2.75, 3.05) is 11.4 Å². The van der Waals surface area contributed by atoms with Gasteiger partial charge in [0.15, 0.2) is 0 Å². The topological polar surface area (TPSA) is 89.5 Å². The molecule has 2 unspecified atom stereocenters. The summed E-state index contributed by atoms with van der Waals surface area (Å²) in [5.41, 5.74) is 5.68. The fourth-order valence-corrected chi connectivity index (χ4v) is 2.83. The van der Waals surface area contributed by atoms with Crippen LogP contribution >= 0.6 is 11.6 Å². The Hall–Kier alpha value is -1.82. The maximum atomic E-state index is 11.4. The van der Waals surface area contributed by atoms with E-state index in [0.29, 0.717) is 18.7 Å². The summed E-state index contributed by atoms with van der Waals surface area (Å²) < 4.78 is 0. The molecule has 2 rings (SSSR count). The Balaban J connectivity index is 2.41. The van der Waals surface area contributed by atoms with Gasteiger partial charge < -0.3 is 10.6 Å². The maximum Gasteiger partial charge on any atom is 0.310 e. The van der Waals surface area contributed by atoms with Crippen molar-refractivity contribution in [3.05, 3.63) is 33.3 Å². The molecule has 1 aliphatic rings.